The highest BCUT2D eigenvalue weighted by molar-refractivity contribution is 7.14. The van der Waals surface area contributed by atoms with Crippen LogP contribution in [0.5, 0.6) is 0 Å². The SMILES string of the molecule is Cc1c(C2=CC(=Nc3cc(CN4CC(F)(F)C4)n(C)n3)C(=O)N=N2)cccc1N1Cc2cc(C(C)(C)C)sc2C1=O. The summed E-state index contributed by atoms with van der Waals surface area (Å²) in [7, 11) is 1.71. The Kier molecular flexibility index (Phi) is 6.38. The Morgan fingerprint density at radius 1 is 1.12 bits per heavy atom. The molecule has 0 unspecified atom stereocenters. The predicted octanol–water partition coefficient (Wildman–Crippen LogP) is 5.80. The van der Waals surface area contributed by atoms with Crippen molar-refractivity contribution >= 4 is 46.1 Å². The van der Waals surface area contributed by atoms with Gasteiger partial charge in [-0.2, -0.15) is 5.10 Å². The molecule has 1 saturated heterocycles. The fraction of sp³-hybridized carbons (Fsp3) is 0.379. The normalized spacial score (nSPS) is 19.6. The van der Waals surface area contributed by atoms with Gasteiger partial charge in [0.1, 0.15) is 5.71 Å². The number of benzene rings is 1. The molecule has 1 fully saturated rings. The number of rotatable bonds is 5. The molecule has 0 aliphatic carbocycles. The van der Waals surface area contributed by atoms with Gasteiger partial charge in [-0.25, -0.2) is 13.8 Å². The van der Waals surface area contributed by atoms with E-state index in [9.17, 15) is 18.4 Å². The first-order valence-electron chi connectivity index (χ1n) is 13.2. The molecule has 2 aromatic heterocycles. The number of fused-ring (bicyclic) bond motifs is 1. The summed E-state index contributed by atoms with van der Waals surface area (Å²) in [6.07, 6.45) is 1.56. The quantitative estimate of drug-likeness (QED) is 0.383. The second kappa shape index (κ2) is 9.59. The number of thiophene rings is 1. The van der Waals surface area contributed by atoms with Crippen LogP contribution in [0.25, 0.3) is 5.70 Å². The van der Waals surface area contributed by atoms with E-state index < -0.39 is 11.8 Å². The highest BCUT2D eigenvalue weighted by atomic mass is 32.1. The van der Waals surface area contributed by atoms with Crippen molar-refractivity contribution in [3.8, 4) is 0 Å². The fourth-order valence-electron chi connectivity index (χ4n) is 5.20. The number of azo groups is 1. The number of hydrogen-bond donors (Lipinski definition) is 0. The molecule has 0 atom stereocenters. The smallest absolute Gasteiger partial charge is 0.303 e. The van der Waals surface area contributed by atoms with Crippen molar-refractivity contribution in [2.75, 3.05) is 18.0 Å². The Bertz CT molecular complexity index is 1680. The molecule has 0 radical (unpaired) electrons. The lowest BCUT2D eigenvalue weighted by Gasteiger charge is -2.38. The molecule has 9 nitrogen and oxygen atoms in total. The molecule has 3 aliphatic heterocycles. The standard InChI is InChI=1S/C29H29F2N7O2S/c1-16-19(7-6-8-22(16)38-12-17-9-23(28(2,3)4)41-25(17)27(38)40)20-11-21(26(39)34-33-20)32-24-10-18(36(5)35-24)13-37-14-29(30,31)15-37/h6-11H,12-15H2,1-5H3. The van der Waals surface area contributed by atoms with Crippen LogP contribution >= 0.6 is 11.3 Å². The Morgan fingerprint density at radius 2 is 1.88 bits per heavy atom. The number of anilines is 1. The fourth-order valence-corrected chi connectivity index (χ4v) is 6.38. The molecule has 0 spiro atoms. The molecular formula is C29H29F2N7O2S. The number of aromatic nitrogens is 2. The number of hydrogen-bond acceptors (Lipinski definition) is 7. The third-order valence-electron chi connectivity index (χ3n) is 7.42. The maximum absolute atomic E-state index is 13.4. The molecule has 3 aliphatic rings. The number of likely N-dealkylation sites (tertiary alicyclic amines) is 1. The molecule has 212 valence electrons. The largest absolute Gasteiger partial charge is 0.314 e. The number of alkyl halides is 2. The lowest BCUT2D eigenvalue weighted by atomic mass is 9.94. The van der Waals surface area contributed by atoms with Crippen LogP contribution in [0.3, 0.4) is 0 Å². The van der Waals surface area contributed by atoms with E-state index in [1.807, 2.05) is 25.1 Å². The van der Waals surface area contributed by atoms with Crippen molar-refractivity contribution in [3.63, 3.8) is 0 Å². The van der Waals surface area contributed by atoms with Gasteiger partial charge in [0.25, 0.3) is 11.8 Å². The van der Waals surface area contributed by atoms with Gasteiger partial charge in [0, 0.05) is 35.8 Å². The first-order valence-corrected chi connectivity index (χ1v) is 14.1. The zero-order valence-corrected chi connectivity index (χ0v) is 24.2. The van der Waals surface area contributed by atoms with Gasteiger partial charge in [-0.1, -0.05) is 32.9 Å². The van der Waals surface area contributed by atoms with Crippen molar-refractivity contribution in [1.29, 1.82) is 0 Å². The van der Waals surface area contributed by atoms with E-state index in [2.05, 4.69) is 47.2 Å². The van der Waals surface area contributed by atoms with Gasteiger partial charge in [0.05, 0.1) is 35.9 Å². The number of halogens is 2. The summed E-state index contributed by atoms with van der Waals surface area (Å²) in [6, 6.07) is 9.43. The minimum Gasteiger partial charge on any atom is -0.303 e. The van der Waals surface area contributed by atoms with Gasteiger partial charge in [0.15, 0.2) is 5.82 Å². The number of nitrogens with zero attached hydrogens (tertiary/aromatic N) is 7. The Balaban J connectivity index is 1.26. The average Bonchev–Trinajstić information content (AvgIpc) is 3.54. The molecule has 5 heterocycles. The van der Waals surface area contributed by atoms with Gasteiger partial charge in [-0.05, 0) is 41.7 Å². The number of carbonyl (C=O) groups is 2. The van der Waals surface area contributed by atoms with Gasteiger partial charge in [0.2, 0.25) is 0 Å². The van der Waals surface area contributed by atoms with Gasteiger partial charge >= 0.3 is 5.91 Å². The summed E-state index contributed by atoms with van der Waals surface area (Å²) >= 11 is 1.55. The molecule has 0 bridgehead atoms. The molecule has 0 saturated carbocycles. The third-order valence-corrected chi connectivity index (χ3v) is 9.01. The second-order valence-electron chi connectivity index (χ2n) is 11.7. The predicted molar refractivity (Wildman–Crippen MR) is 153 cm³/mol. The second-order valence-corrected chi connectivity index (χ2v) is 12.8. The summed E-state index contributed by atoms with van der Waals surface area (Å²) < 4.78 is 28.0. The zero-order chi connectivity index (χ0) is 29.3. The molecule has 6 rings (SSSR count). The van der Waals surface area contributed by atoms with E-state index in [0.29, 0.717) is 24.5 Å². The van der Waals surface area contributed by atoms with Crippen LogP contribution in [-0.4, -0.2) is 51.2 Å². The summed E-state index contributed by atoms with van der Waals surface area (Å²) in [6.45, 7) is 8.56. The molecule has 0 N–H and O–H groups in total. The molecule has 2 amide bonds. The summed E-state index contributed by atoms with van der Waals surface area (Å²) in [5.41, 5.74) is 4.55. The van der Waals surface area contributed by atoms with Crippen LogP contribution in [0.15, 0.2) is 51.6 Å². The van der Waals surface area contributed by atoms with Crippen LogP contribution in [0.4, 0.5) is 20.3 Å². The monoisotopic (exact) mass is 577 g/mol. The molecule has 3 aromatic rings. The third kappa shape index (κ3) is 5.06. The summed E-state index contributed by atoms with van der Waals surface area (Å²) in [5.74, 6) is -3.00. The molecular weight excluding hydrogens is 548 g/mol. The first-order chi connectivity index (χ1) is 19.3. The number of amides is 2. The van der Waals surface area contributed by atoms with Crippen molar-refractivity contribution in [2.24, 2.45) is 22.3 Å². The van der Waals surface area contributed by atoms with Crippen LogP contribution in [0.2, 0.25) is 0 Å². The van der Waals surface area contributed by atoms with Gasteiger partial charge in [-0.3, -0.25) is 19.2 Å². The van der Waals surface area contributed by atoms with Crippen LogP contribution in [0, 0.1) is 6.92 Å². The lowest BCUT2D eigenvalue weighted by Crippen LogP contribution is -2.55. The highest BCUT2D eigenvalue weighted by Crippen LogP contribution is 2.40. The van der Waals surface area contributed by atoms with Crippen molar-refractivity contribution in [1.82, 2.24) is 14.7 Å². The molecule has 1 aromatic carbocycles. The van der Waals surface area contributed by atoms with Crippen LogP contribution < -0.4 is 4.90 Å². The summed E-state index contributed by atoms with van der Waals surface area (Å²) in [4.78, 5) is 35.7. The van der Waals surface area contributed by atoms with Crippen LogP contribution in [0.1, 0.15) is 57.7 Å². The maximum Gasteiger partial charge on any atom is 0.314 e. The van der Waals surface area contributed by atoms with E-state index in [4.69, 9.17) is 0 Å². The van der Waals surface area contributed by atoms with E-state index in [0.717, 1.165) is 27.3 Å². The number of aliphatic imine (C=N–C) groups is 1. The van der Waals surface area contributed by atoms with E-state index in [1.54, 1.807) is 45.0 Å². The minimum atomic E-state index is -2.65. The van der Waals surface area contributed by atoms with Crippen molar-refractivity contribution < 1.29 is 18.4 Å². The summed E-state index contributed by atoms with van der Waals surface area (Å²) in [5, 5.41) is 12.3. The minimum absolute atomic E-state index is 0.0196. The molecule has 12 heteroatoms. The topological polar surface area (TPSA) is 95.5 Å². The van der Waals surface area contributed by atoms with Gasteiger partial charge in [-0.15, -0.1) is 21.6 Å². The van der Waals surface area contributed by atoms with Crippen molar-refractivity contribution in [3.05, 3.63) is 68.5 Å². The van der Waals surface area contributed by atoms with Crippen molar-refractivity contribution in [2.45, 2.75) is 52.1 Å². The Labute approximate surface area is 239 Å². The van der Waals surface area contributed by atoms with E-state index >= 15 is 0 Å². The zero-order valence-electron chi connectivity index (χ0n) is 23.4. The Morgan fingerprint density at radius 3 is 2.56 bits per heavy atom. The number of aryl methyl sites for hydroxylation is 1. The molecule has 41 heavy (non-hydrogen) atoms. The van der Waals surface area contributed by atoms with E-state index in [-0.39, 0.29) is 35.9 Å². The average molecular weight is 578 g/mol. The van der Waals surface area contributed by atoms with E-state index in [1.165, 1.54) is 4.88 Å². The Hall–Kier alpha value is -3.90. The number of carbonyl (C=O) groups excluding carboxylic acids is 2. The highest BCUT2D eigenvalue weighted by Gasteiger charge is 2.43. The first kappa shape index (κ1) is 27.3. The lowest BCUT2D eigenvalue weighted by molar-refractivity contribution is -0.134. The van der Waals surface area contributed by atoms with Crippen LogP contribution in [-0.2, 0) is 30.3 Å². The van der Waals surface area contributed by atoms with Gasteiger partial charge < -0.3 is 4.90 Å². The maximum atomic E-state index is 13.4.